The average molecular weight is 373 g/mol. The molecule has 1 aliphatic rings. The molecule has 3 heterocycles. The lowest BCUT2D eigenvalue weighted by Crippen LogP contribution is -2.56. The van der Waals surface area contributed by atoms with E-state index in [0.717, 1.165) is 21.5 Å². The quantitative estimate of drug-likeness (QED) is 0.844. The summed E-state index contributed by atoms with van der Waals surface area (Å²) in [5.74, 6) is 1.05. The van der Waals surface area contributed by atoms with Crippen LogP contribution < -0.4 is 10.6 Å². The fourth-order valence-electron chi connectivity index (χ4n) is 3.03. The summed E-state index contributed by atoms with van der Waals surface area (Å²) in [6, 6.07) is 0.444. The summed E-state index contributed by atoms with van der Waals surface area (Å²) in [7, 11) is 0. The highest BCUT2D eigenvalue weighted by Gasteiger charge is 2.43. The van der Waals surface area contributed by atoms with Crippen LogP contribution in [0.1, 0.15) is 17.6 Å². The second-order valence-electron chi connectivity index (χ2n) is 6.13. The second kappa shape index (κ2) is 7.43. The van der Waals surface area contributed by atoms with Crippen LogP contribution in [-0.4, -0.2) is 59.8 Å². The third-order valence-electron chi connectivity index (χ3n) is 4.34. The SMILES string of the molecule is CCc1cc2c(NCC(N3CCNCC3)C(F)(F)F)nc(C)nc2s1. The number of rotatable bonds is 5. The van der Waals surface area contributed by atoms with Gasteiger partial charge in [-0.3, -0.25) is 4.90 Å². The Balaban J connectivity index is 1.82. The minimum absolute atomic E-state index is 0.216. The topological polar surface area (TPSA) is 53.1 Å². The summed E-state index contributed by atoms with van der Waals surface area (Å²) >= 11 is 1.56. The zero-order valence-corrected chi connectivity index (χ0v) is 15.1. The summed E-state index contributed by atoms with van der Waals surface area (Å²) in [5, 5.41) is 6.83. The van der Waals surface area contributed by atoms with E-state index in [1.807, 2.05) is 13.0 Å². The van der Waals surface area contributed by atoms with Crippen LogP contribution in [0.15, 0.2) is 6.07 Å². The summed E-state index contributed by atoms with van der Waals surface area (Å²) in [5.41, 5.74) is 0. The molecule has 0 amide bonds. The Hall–Kier alpha value is -1.45. The van der Waals surface area contributed by atoms with Gasteiger partial charge in [-0.15, -0.1) is 11.3 Å². The molecule has 0 radical (unpaired) electrons. The van der Waals surface area contributed by atoms with Gasteiger partial charge < -0.3 is 10.6 Å². The van der Waals surface area contributed by atoms with Gasteiger partial charge in [0.05, 0.1) is 5.39 Å². The van der Waals surface area contributed by atoms with Crippen molar-refractivity contribution in [3.05, 3.63) is 16.8 Å². The van der Waals surface area contributed by atoms with E-state index in [-0.39, 0.29) is 6.54 Å². The van der Waals surface area contributed by atoms with E-state index in [4.69, 9.17) is 0 Å². The predicted octanol–water partition coefficient (Wildman–Crippen LogP) is 2.81. The standard InChI is InChI=1S/C16H22F3N5S/c1-3-11-8-12-14(22-10(2)23-15(12)25-11)21-9-13(16(17,18)19)24-6-4-20-5-7-24/h8,13,20H,3-7,9H2,1-2H3,(H,21,22,23). The van der Waals surface area contributed by atoms with Crippen molar-refractivity contribution >= 4 is 27.4 Å². The summed E-state index contributed by atoms with van der Waals surface area (Å²) in [6.45, 7) is 5.52. The van der Waals surface area contributed by atoms with Crippen LogP contribution in [0.3, 0.4) is 0 Å². The van der Waals surface area contributed by atoms with E-state index in [2.05, 4.69) is 20.6 Å². The largest absolute Gasteiger partial charge is 0.405 e. The molecule has 25 heavy (non-hydrogen) atoms. The number of nitrogens with zero attached hydrogens (tertiary/aromatic N) is 3. The normalized spacial score (nSPS) is 17.8. The summed E-state index contributed by atoms with van der Waals surface area (Å²) in [4.78, 5) is 12.2. The first-order valence-electron chi connectivity index (χ1n) is 8.41. The van der Waals surface area contributed by atoms with Gasteiger partial charge in [-0.1, -0.05) is 6.92 Å². The smallest absolute Gasteiger partial charge is 0.367 e. The van der Waals surface area contributed by atoms with Crippen molar-refractivity contribution in [2.45, 2.75) is 32.5 Å². The lowest BCUT2D eigenvalue weighted by atomic mass is 10.2. The van der Waals surface area contributed by atoms with Crippen LogP contribution >= 0.6 is 11.3 Å². The molecular weight excluding hydrogens is 351 g/mol. The van der Waals surface area contributed by atoms with Crippen molar-refractivity contribution in [3.8, 4) is 0 Å². The van der Waals surface area contributed by atoms with Crippen LogP contribution in [0, 0.1) is 6.92 Å². The number of anilines is 1. The van der Waals surface area contributed by atoms with Crippen LogP contribution in [0.4, 0.5) is 19.0 Å². The molecule has 0 aromatic carbocycles. The molecule has 0 spiro atoms. The van der Waals surface area contributed by atoms with Crippen LogP contribution in [0.2, 0.25) is 0 Å². The molecule has 1 atom stereocenters. The maximum atomic E-state index is 13.5. The van der Waals surface area contributed by atoms with E-state index in [0.29, 0.717) is 37.8 Å². The number of piperazine rings is 1. The number of fused-ring (bicyclic) bond motifs is 1. The Bertz CT molecular complexity index is 724. The zero-order valence-electron chi connectivity index (χ0n) is 14.3. The molecule has 1 fully saturated rings. The number of thiophene rings is 1. The summed E-state index contributed by atoms with van der Waals surface area (Å²) in [6.07, 6.45) is -3.42. The van der Waals surface area contributed by atoms with Crippen LogP contribution in [0.25, 0.3) is 10.2 Å². The molecule has 2 aromatic rings. The first-order valence-corrected chi connectivity index (χ1v) is 9.22. The van der Waals surface area contributed by atoms with Gasteiger partial charge in [-0.05, 0) is 19.4 Å². The van der Waals surface area contributed by atoms with Gasteiger partial charge in [0.2, 0.25) is 0 Å². The fourth-order valence-corrected chi connectivity index (χ4v) is 4.04. The molecule has 1 unspecified atom stereocenters. The highest BCUT2D eigenvalue weighted by atomic mass is 32.1. The van der Waals surface area contributed by atoms with Gasteiger partial charge in [0.15, 0.2) is 0 Å². The molecule has 5 nitrogen and oxygen atoms in total. The van der Waals surface area contributed by atoms with Gasteiger partial charge >= 0.3 is 6.18 Å². The Morgan fingerprint density at radius 1 is 1.32 bits per heavy atom. The molecule has 2 N–H and O–H groups in total. The number of alkyl halides is 3. The molecule has 138 valence electrons. The zero-order chi connectivity index (χ0) is 18.0. The maximum Gasteiger partial charge on any atom is 0.405 e. The van der Waals surface area contributed by atoms with Gasteiger partial charge in [0.1, 0.15) is 22.5 Å². The molecule has 1 saturated heterocycles. The van der Waals surface area contributed by atoms with E-state index in [1.54, 1.807) is 18.3 Å². The fraction of sp³-hybridized carbons (Fsp3) is 0.625. The molecule has 0 bridgehead atoms. The van der Waals surface area contributed by atoms with Gasteiger partial charge in [-0.25, -0.2) is 9.97 Å². The van der Waals surface area contributed by atoms with Crippen molar-refractivity contribution in [1.82, 2.24) is 20.2 Å². The molecule has 1 aliphatic heterocycles. The Morgan fingerprint density at radius 3 is 2.68 bits per heavy atom. The van der Waals surface area contributed by atoms with E-state index in [1.165, 1.54) is 4.90 Å². The van der Waals surface area contributed by atoms with Crippen molar-refractivity contribution in [1.29, 1.82) is 0 Å². The third-order valence-corrected chi connectivity index (χ3v) is 5.51. The minimum atomic E-state index is -4.28. The van der Waals surface area contributed by atoms with Gasteiger partial charge in [0.25, 0.3) is 0 Å². The molecular formula is C16H22F3N5S. The Labute approximate surface area is 148 Å². The number of nitrogens with one attached hydrogen (secondary N) is 2. The first kappa shape index (κ1) is 18.3. The third kappa shape index (κ3) is 4.21. The number of hydrogen-bond donors (Lipinski definition) is 2. The predicted molar refractivity (Wildman–Crippen MR) is 94.3 cm³/mol. The molecule has 0 aliphatic carbocycles. The highest BCUT2D eigenvalue weighted by Crippen LogP contribution is 2.30. The number of aryl methyl sites for hydroxylation is 2. The molecule has 3 rings (SSSR count). The van der Waals surface area contributed by atoms with E-state index >= 15 is 0 Å². The van der Waals surface area contributed by atoms with E-state index < -0.39 is 12.2 Å². The van der Waals surface area contributed by atoms with Gasteiger partial charge in [-0.2, -0.15) is 13.2 Å². The number of halogens is 3. The molecule has 0 saturated carbocycles. The average Bonchev–Trinajstić information content (AvgIpc) is 2.97. The lowest BCUT2D eigenvalue weighted by Gasteiger charge is -2.36. The molecule has 2 aromatic heterocycles. The first-order chi connectivity index (χ1) is 11.9. The lowest BCUT2D eigenvalue weighted by molar-refractivity contribution is -0.181. The number of aromatic nitrogens is 2. The van der Waals surface area contributed by atoms with Crippen molar-refractivity contribution in [3.63, 3.8) is 0 Å². The van der Waals surface area contributed by atoms with Crippen molar-refractivity contribution in [2.75, 3.05) is 38.0 Å². The Kier molecular flexibility index (Phi) is 5.45. The minimum Gasteiger partial charge on any atom is -0.367 e. The van der Waals surface area contributed by atoms with Crippen LogP contribution in [0.5, 0.6) is 0 Å². The van der Waals surface area contributed by atoms with E-state index in [9.17, 15) is 13.2 Å². The van der Waals surface area contributed by atoms with Crippen LogP contribution in [-0.2, 0) is 6.42 Å². The number of hydrogen-bond acceptors (Lipinski definition) is 6. The van der Waals surface area contributed by atoms with Crippen molar-refractivity contribution in [2.24, 2.45) is 0 Å². The highest BCUT2D eigenvalue weighted by molar-refractivity contribution is 7.18. The summed E-state index contributed by atoms with van der Waals surface area (Å²) < 4.78 is 40.6. The van der Waals surface area contributed by atoms with Crippen molar-refractivity contribution < 1.29 is 13.2 Å². The second-order valence-corrected chi connectivity index (χ2v) is 7.24. The van der Waals surface area contributed by atoms with Gasteiger partial charge in [0, 0.05) is 37.6 Å². The monoisotopic (exact) mass is 373 g/mol. The maximum absolute atomic E-state index is 13.5. The Morgan fingerprint density at radius 2 is 2.04 bits per heavy atom. The molecule has 9 heteroatoms.